The number of ketones is 1. The van der Waals surface area contributed by atoms with Gasteiger partial charge in [-0.15, -0.1) is 0 Å². The van der Waals surface area contributed by atoms with Crippen molar-refractivity contribution < 1.29 is 9.90 Å². The van der Waals surface area contributed by atoms with E-state index in [-0.39, 0.29) is 19.1 Å². The highest BCUT2D eigenvalue weighted by Gasteiger charge is 2.01. The highest BCUT2D eigenvalue weighted by molar-refractivity contribution is 5.97. The van der Waals surface area contributed by atoms with E-state index in [0.717, 1.165) is 5.69 Å². The molecule has 13 heavy (non-hydrogen) atoms. The smallest absolute Gasteiger partial charge is 0.176 e. The minimum Gasteiger partial charge on any atom is -0.377 e. The van der Waals surface area contributed by atoms with Gasteiger partial charge in [0.2, 0.25) is 0 Å². The molecule has 0 heterocycles. The maximum absolute atomic E-state index is 11.1. The lowest BCUT2D eigenvalue weighted by Gasteiger charge is -2.02. The Kier molecular flexibility index (Phi) is 3.42. The topological polar surface area (TPSA) is 75.4 Å². The third-order valence-corrected chi connectivity index (χ3v) is 1.68. The maximum Gasteiger partial charge on any atom is 0.176 e. The fraction of sp³-hybridized carbons (Fsp3) is 0.222. The molecular weight excluding hydrogens is 168 g/mol. The summed E-state index contributed by atoms with van der Waals surface area (Å²) in [6, 6.07) is 6.79. The summed E-state index contributed by atoms with van der Waals surface area (Å²) in [5.74, 6) is -0.0875. The van der Waals surface area contributed by atoms with E-state index in [1.165, 1.54) is 0 Å². The normalized spacial score (nSPS) is 9.69. The highest BCUT2D eigenvalue weighted by atomic mass is 16.3. The van der Waals surface area contributed by atoms with Gasteiger partial charge in [0.05, 0.1) is 6.54 Å². The van der Waals surface area contributed by atoms with E-state index in [2.05, 4.69) is 5.32 Å². The van der Waals surface area contributed by atoms with Crippen molar-refractivity contribution in [1.29, 1.82) is 0 Å². The first-order valence-electron chi connectivity index (χ1n) is 3.96. The molecule has 4 N–H and O–H groups in total. The number of aliphatic hydroxyl groups excluding tert-OH is 1. The van der Waals surface area contributed by atoms with Crippen LogP contribution in [0.25, 0.3) is 0 Å². The van der Waals surface area contributed by atoms with Crippen molar-refractivity contribution in [2.75, 3.05) is 18.6 Å². The van der Waals surface area contributed by atoms with Crippen LogP contribution in [0, 0.1) is 0 Å². The molecule has 1 rings (SSSR count). The number of nitrogens with one attached hydrogen (secondary N) is 1. The van der Waals surface area contributed by atoms with Crippen LogP contribution in [0.3, 0.4) is 0 Å². The van der Waals surface area contributed by atoms with Crippen molar-refractivity contribution >= 4 is 11.5 Å². The fourth-order valence-corrected chi connectivity index (χ4v) is 0.983. The van der Waals surface area contributed by atoms with Crippen molar-refractivity contribution in [3.63, 3.8) is 0 Å². The molecule has 0 aromatic heterocycles. The largest absolute Gasteiger partial charge is 0.377 e. The van der Waals surface area contributed by atoms with Crippen LogP contribution in [0.4, 0.5) is 5.69 Å². The number of rotatable bonds is 4. The van der Waals surface area contributed by atoms with Gasteiger partial charge in [-0.1, -0.05) is 0 Å². The molecule has 0 amide bonds. The molecule has 0 fully saturated rings. The third-order valence-electron chi connectivity index (χ3n) is 1.68. The summed E-state index contributed by atoms with van der Waals surface area (Å²) in [5.41, 5.74) is 6.56. The monoisotopic (exact) mass is 180 g/mol. The average Bonchev–Trinajstić information content (AvgIpc) is 2.18. The van der Waals surface area contributed by atoms with Crippen LogP contribution in [0.5, 0.6) is 0 Å². The highest BCUT2D eigenvalue weighted by Crippen LogP contribution is 2.08. The van der Waals surface area contributed by atoms with E-state index in [9.17, 15) is 4.79 Å². The summed E-state index contributed by atoms with van der Waals surface area (Å²) in [4.78, 5) is 11.1. The summed E-state index contributed by atoms with van der Waals surface area (Å²) < 4.78 is 0. The van der Waals surface area contributed by atoms with E-state index in [0.29, 0.717) is 5.56 Å². The van der Waals surface area contributed by atoms with Gasteiger partial charge in [-0.25, -0.2) is 0 Å². The Labute approximate surface area is 76.4 Å². The van der Waals surface area contributed by atoms with Crippen molar-refractivity contribution in [2.24, 2.45) is 5.73 Å². The predicted octanol–water partition coefficient (Wildman–Crippen LogP) is 0.190. The molecule has 0 bridgehead atoms. The molecule has 1 aromatic rings. The van der Waals surface area contributed by atoms with Gasteiger partial charge < -0.3 is 16.2 Å². The molecule has 4 nitrogen and oxygen atoms in total. The lowest BCUT2D eigenvalue weighted by atomic mass is 10.1. The fourth-order valence-electron chi connectivity index (χ4n) is 0.983. The summed E-state index contributed by atoms with van der Waals surface area (Å²) in [5, 5.41) is 11.3. The molecule has 0 aliphatic carbocycles. The van der Waals surface area contributed by atoms with Gasteiger partial charge in [0.1, 0.15) is 6.73 Å². The molecule has 0 saturated carbocycles. The Morgan fingerprint density at radius 3 is 2.46 bits per heavy atom. The molecule has 70 valence electrons. The van der Waals surface area contributed by atoms with Gasteiger partial charge in [0.25, 0.3) is 0 Å². The van der Waals surface area contributed by atoms with Gasteiger partial charge in [-0.05, 0) is 24.3 Å². The molecule has 0 radical (unpaired) electrons. The first kappa shape index (κ1) is 9.70. The summed E-state index contributed by atoms with van der Waals surface area (Å²) in [6.07, 6.45) is 0. The van der Waals surface area contributed by atoms with Gasteiger partial charge in [-0.3, -0.25) is 4.79 Å². The number of hydrogen-bond donors (Lipinski definition) is 3. The standard InChI is InChI=1S/C9H12N2O2/c10-5-9(13)7-1-3-8(4-2-7)11-6-12/h1-4,11-12H,5-6,10H2. The lowest BCUT2D eigenvalue weighted by Crippen LogP contribution is -2.13. The Hall–Kier alpha value is -1.39. The average molecular weight is 180 g/mol. The molecule has 0 aliphatic heterocycles. The SMILES string of the molecule is NCC(=O)c1ccc(NCO)cc1. The number of anilines is 1. The zero-order valence-corrected chi connectivity index (χ0v) is 7.16. The van der Waals surface area contributed by atoms with E-state index >= 15 is 0 Å². The Morgan fingerprint density at radius 2 is 2.00 bits per heavy atom. The summed E-state index contributed by atoms with van der Waals surface area (Å²) >= 11 is 0. The number of nitrogens with two attached hydrogens (primary N) is 1. The summed E-state index contributed by atoms with van der Waals surface area (Å²) in [7, 11) is 0. The van der Waals surface area contributed by atoms with Gasteiger partial charge in [-0.2, -0.15) is 0 Å². The Bertz CT molecular complexity index is 282. The van der Waals surface area contributed by atoms with Crippen molar-refractivity contribution in [1.82, 2.24) is 0 Å². The molecule has 0 spiro atoms. The van der Waals surface area contributed by atoms with E-state index < -0.39 is 0 Å². The summed E-state index contributed by atoms with van der Waals surface area (Å²) in [6.45, 7) is -0.100. The zero-order chi connectivity index (χ0) is 9.68. The second-order valence-electron chi connectivity index (χ2n) is 2.54. The predicted molar refractivity (Wildman–Crippen MR) is 50.5 cm³/mol. The zero-order valence-electron chi connectivity index (χ0n) is 7.16. The molecular formula is C9H12N2O2. The molecule has 0 atom stereocenters. The second-order valence-corrected chi connectivity index (χ2v) is 2.54. The minimum absolute atomic E-state index is 0.0206. The third kappa shape index (κ3) is 2.54. The molecule has 0 saturated heterocycles. The number of carbonyl (C=O) groups excluding carboxylic acids is 1. The van der Waals surface area contributed by atoms with Crippen molar-refractivity contribution in [3.8, 4) is 0 Å². The van der Waals surface area contributed by atoms with Crippen LogP contribution in [-0.2, 0) is 0 Å². The second kappa shape index (κ2) is 4.59. The Balaban J connectivity index is 2.75. The molecule has 1 aromatic carbocycles. The van der Waals surface area contributed by atoms with E-state index in [4.69, 9.17) is 10.8 Å². The Morgan fingerprint density at radius 1 is 1.38 bits per heavy atom. The number of Topliss-reactive ketones (excluding diaryl/α,β-unsaturated/α-hetero) is 1. The molecule has 0 unspecified atom stereocenters. The first-order chi connectivity index (χ1) is 6.27. The van der Waals surface area contributed by atoms with Crippen LogP contribution in [-0.4, -0.2) is 24.2 Å². The molecule has 0 aliphatic rings. The van der Waals surface area contributed by atoms with Crippen LogP contribution < -0.4 is 11.1 Å². The van der Waals surface area contributed by atoms with Crippen LogP contribution in [0.15, 0.2) is 24.3 Å². The van der Waals surface area contributed by atoms with Gasteiger partial charge in [0, 0.05) is 11.3 Å². The first-order valence-corrected chi connectivity index (χ1v) is 3.96. The van der Waals surface area contributed by atoms with Crippen LogP contribution >= 0.6 is 0 Å². The van der Waals surface area contributed by atoms with Crippen LogP contribution in [0.2, 0.25) is 0 Å². The van der Waals surface area contributed by atoms with Crippen molar-refractivity contribution in [3.05, 3.63) is 29.8 Å². The number of carbonyl (C=O) groups is 1. The van der Waals surface area contributed by atoms with Crippen LogP contribution in [0.1, 0.15) is 10.4 Å². The maximum atomic E-state index is 11.1. The number of benzene rings is 1. The quantitative estimate of drug-likeness (QED) is 0.456. The number of hydrogen-bond acceptors (Lipinski definition) is 4. The van der Waals surface area contributed by atoms with Crippen molar-refractivity contribution in [2.45, 2.75) is 0 Å². The van der Waals surface area contributed by atoms with E-state index in [1.54, 1.807) is 24.3 Å². The number of aliphatic hydroxyl groups is 1. The minimum atomic E-state index is -0.121. The lowest BCUT2D eigenvalue weighted by molar-refractivity contribution is 0.100. The van der Waals surface area contributed by atoms with E-state index in [1.807, 2.05) is 0 Å². The molecule has 4 heteroatoms. The van der Waals surface area contributed by atoms with Gasteiger partial charge in [0.15, 0.2) is 5.78 Å². The van der Waals surface area contributed by atoms with Gasteiger partial charge >= 0.3 is 0 Å².